The second-order valence-electron chi connectivity index (χ2n) is 3.20. The first-order valence-corrected chi connectivity index (χ1v) is 5.44. The van der Waals surface area contributed by atoms with Gasteiger partial charge in [0.15, 0.2) is 6.29 Å². The zero-order valence-electron chi connectivity index (χ0n) is 7.72. The lowest BCUT2D eigenvalue weighted by Crippen LogP contribution is -2.57. The lowest BCUT2D eigenvalue weighted by atomic mass is 10.0. The van der Waals surface area contributed by atoms with Gasteiger partial charge >= 0.3 is 10.4 Å². The predicted molar refractivity (Wildman–Crippen MR) is 45.0 cm³/mol. The van der Waals surface area contributed by atoms with Crippen molar-refractivity contribution in [3.63, 3.8) is 0 Å². The summed E-state index contributed by atoms with van der Waals surface area (Å²) in [6.45, 7) is 1.31. The molecule has 1 rings (SSSR count). The van der Waals surface area contributed by atoms with Crippen molar-refractivity contribution in [1.82, 2.24) is 0 Å². The maximum Gasteiger partial charge on any atom is 0.397 e. The van der Waals surface area contributed by atoms with Gasteiger partial charge in [-0.2, -0.15) is 8.42 Å². The standard InChI is InChI=1S/C6H12O8S/c1-2-5(14-15(10,11)12)3(7)4(8)6(9)13-2/h2-9H,1H3,(H,10,11,12)/t2-,3-,4-,5+,6-/m0/s1. The highest BCUT2D eigenvalue weighted by Crippen LogP contribution is 2.22. The molecule has 1 aliphatic rings. The van der Waals surface area contributed by atoms with Crippen molar-refractivity contribution in [2.45, 2.75) is 37.6 Å². The predicted octanol–water partition coefficient (Wildman–Crippen LogP) is -2.37. The summed E-state index contributed by atoms with van der Waals surface area (Å²) in [5.41, 5.74) is 0. The van der Waals surface area contributed by atoms with E-state index in [1.54, 1.807) is 0 Å². The van der Waals surface area contributed by atoms with Gasteiger partial charge in [0.05, 0.1) is 6.10 Å². The van der Waals surface area contributed by atoms with Gasteiger partial charge in [-0.1, -0.05) is 0 Å². The molecule has 15 heavy (non-hydrogen) atoms. The zero-order chi connectivity index (χ0) is 11.8. The van der Waals surface area contributed by atoms with E-state index in [0.717, 1.165) is 0 Å². The first kappa shape index (κ1) is 12.8. The monoisotopic (exact) mass is 244 g/mol. The highest BCUT2D eigenvalue weighted by Gasteiger charge is 2.44. The number of hydrogen-bond acceptors (Lipinski definition) is 7. The van der Waals surface area contributed by atoms with Crippen LogP contribution in [-0.4, -0.2) is 59.0 Å². The third-order valence-corrected chi connectivity index (χ3v) is 2.49. The maximum absolute atomic E-state index is 10.4. The Bertz CT molecular complexity index is 313. The maximum atomic E-state index is 10.4. The second-order valence-corrected chi connectivity index (χ2v) is 4.25. The summed E-state index contributed by atoms with van der Waals surface area (Å²) in [5, 5.41) is 27.5. The molecule has 0 spiro atoms. The van der Waals surface area contributed by atoms with E-state index in [0.29, 0.717) is 0 Å². The molecule has 9 heteroatoms. The smallest absolute Gasteiger partial charge is 0.387 e. The Morgan fingerprint density at radius 2 is 1.73 bits per heavy atom. The van der Waals surface area contributed by atoms with Gasteiger partial charge in [0.1, 0.15) is 18.3 Å². The minimum Gasteiger partial charge on any atom is -0.387 e. The van der Waals surface area contributed by atoms with E-state index in [1.807, 2.05) is 0 Å². The van der Waals surface area contributed by atoms with Gasteiger partial charge in [-0.05, 0) is 6.92 Å². The highest BCUT2D eigenvalue weighted by molar-refractivity contribution is 7.80. The molecule has 1 heterocycles. The molecule has 0 aliphatic carbocycles. The average molecular weight is 244 g/mol. The lowest BCUT2D eigenvalue weighted by Gasteiger charge is -2.38. The lowest BCUT2D eigenvalue weighted by molar-refractivity contribution is -0.273. The fourth-order valence-electron chi connectivity index (χ4n) is 1.29. The Balaban J connectivity index is 2.79. The molecule has 0 aromatic rings. The third-order valence-electron chi connectivity index (χ3n) is 2.03. The summed E-state index contributed by atoms with van der Waals surface area (Å²) in [4.78, 5) is 0. The van der Waals surface area contributed by atoms with E-state index < -0.39 is 41.1 Å². The molecule has 8 nitrogen and oxygen atoms in total. The van der Waals surface area contributed by atoms with Crippen LogP contribution in [0.15, 0.2) is 0 Å². The van der Waals surface area contributed by atoms with E-state index >= 15 is 0 Å². The normalized spacial score (nSPS) is 42.9. The van der Waals surface area contributed by atoms with Crippen molar-refractivity contribution < 1.29 is 37.2 Å². The molecule has 1 saturated heterocycles. The number of ether oxygens (including phenoxy) is 1. The Hall–Kier alpha value is -0.290. The number of rotatable bonds is 2. The summed E-state index contributed by atoms with van der Waals surface area (Å²) < 4.78 is 38.0. The average Bonchev–Trinajstić information content (AvgIpc) is 2.07. The molecule has 0 unspecified atom stereocenters. The molecular weight excluding hydrogens is 232 g/mol. The molecule has 0 aromatic carbocycles. The van der Waals surface area contributed by atoms with Crippen LogP contribution in [0, 0.1) is 0 Å². The van der Waals surface area contributed by atoms with Gasteiger partial charge in [-0.25, -0.2) is 4.18 Å². The summed E-state index contributed by atoms with van der Waals surface area (Å²) in [6, 6.07) is 0. The topological polar surface area (TPSA) is 134 Å². The van der Waals surface area contributed by atoms with E-state index in [4.69, 9.17) is 14.8 Å². The van der Waals surface area contributed by atoms with Gasteiger partial charge in [-0.15, -0.1) is 0 Å². The first-order chi connectivity index (χ1) is 6.72. The minimum absolute atomic E-state index is 1.000. The van der Waals surface area contributed by atoms with Crippen LogP contribution in [0.3, 0.4) is 0 Å². The summed E-state index contributed by atoms with van der Waals surface area (Å²) >= 11 is 0. The molecule has 5 atom stereocenters. The van der Waals surface area contributed by atoms with Crippen molar-refractivity contribution in [3.8, 4) is 0 Å². The highest BCUT2D eigenvalue weighted by atomic mass is 32.3. The minimum atomic E-state index is -4.76. The van der Waals surface area contributed by atoms with Crippen LogP contribution in [0.5, 0.6) is 0 Å². The molecule has 0 bridgehead atoms. The fourth-order valence-corrected chi connectivity index (χ4v) is 1.85. The van der Waals surface area contributed by atoms with Crippen molar-refractivity contribution in [2.24, 2.45) is 0 Å². The Morgan fingerprint density at radius 3 is 2.20 bits per heavy atom. The summed E-state index contributed by atoms with van der Waals surface area (Å²) in [6.07, 6.45) is -7.48. The Kier molecular flexibility index (Phi) is 3.66. The first-order valence-electron chi connectivity index (χ1n) is 4.07. The van der Waals surface area contributed by atoms with E-state index in [2.05, 4.69) is 8.92 Å². The Morgan fingerprint density at radius 1 is 1.20 bits per heavy atom. The molecule has 0 amide bonds. The molecule has 1 aliphatic heterocycles. The Labute approximate surface area is 86.0 Å². The van der Waals surface area contributed by atoms with Crippen LogP contribution < -0.4 is 0 Å². The van der Waals surface area contributed by atoms with Crippen LogP contribution in [-0.2, 0) is 19.3 Å². The van der Waals surface area contributed by atoms with E-state index in [9.17, 15) is 13.5 Å². The summed E-state index contributed by atoms with van der Waals surface area (Å²) in [7, 11) is -4.76. The van der Waals surface area contributed by atoms with Gasteiger partial charge in [0.25, 0.3) is 0 Å². The summed E-state index contributed by atoms with van der Waals surface area (Å²) in [5.74, 6) is 0. The van der Waals surface area contributed by atoms with Crippen LogP contribution in [0.4, 0.5) is 0 Å². The van der Waals surface area contributed by atoms with Gasteiger partial charge < -0.3 is 20.1 Å². The molecule has 0 saturated carbocycles. The van der Waals surface area contributed by atoms with Crippen LogP contribution in [0.1, 0.15) is 6.92 Å². The molecule has 0 aromatic heterocycles. The van der Waals surface area contributed by atoms with Crippen LogP contribution in [0.25, 0.3) is 0 Å². The van der Waals surface area contributed by atoms with Crippen LogP contribution in [0.2, 0.25) is 0 Å². The van der Waals surface area contributed by atoms with Crippen molar-refractivity contribution >= 4 is 10.4 Å². The molecular formula is C6H12O8S. The van der Waals surface area contributed by atoms with Crippen molar-refractivity contribution in [1.29, 1.82) is 0 Å². The SMILES string of the molecule is C[C@@H]1O[C@H](O)[C@@H](O)[C@H](O)[C@@H]1OS(=O)(=O)O. The molecule has 1 fully saturated rings. The quantitative estimate of drug-likeness (QED) is 0.396. The van der Waals surface area contributed by atoms with Gasteiger partial charge in [0.2, 0.25) is 0 Å². The van der Waals surface area contributed by atoms with Gasteiger partial charge in [0, 0.05) is 0 Å². The molecule has 0 radical (unpaired) electrons. The number of aliphatic hydroxyl groups is 3. The third kappa shape index (κ3) is 3.08. The van der Waals surface area contributed by atoms with Gasteiger partial charge in [-0.3, -0.25) is 4.55 Å². The van der Waals surface area contributed by atoms with Crippen molar-refractivity contribution in [2.75, 3.05) is 0 Å². The van der Waals surface area contributed by atoms with Crippen LogP contribution >= 0.6 is 0 Å². The van der Waals surface area contributed by atoms with E-state index in [1.165, 1.54) is 6.92 Å². The molecule has 90 valence electrons. The number of hydrogen-bond donors (Lipinski definition) is 4. The fraction of sp³-hybridized carbons (Fsp3) is 1.00. The second kappa shape index (κ2) is 4.29. The van der Waals surface area contributed by atoms with E-state index in [-0.39, 0.29) is 0 Å². The zero-order valence-corrected chi connectivity index (χ0v) is 8.53. The number of aliphatic hydroxyl groups excluding tert-OH is 3. The molecule has 4 N–H and O–H groups in total. The van der Waals surface area contributed by atoms with Crippen molar-refractivity contribution in [3.05, 3.63) is 0 Å². The largest absolute Gasteiger partial charge is 0.397 e.